The average molecular weight is 230 g/mol. The number of ether oxygens (including phenoxy) is 1. The summed E-state index contributed by atoms with van der Waals surface area (Å²) in [7, 11) is 0. The molecule has 0 aliphatic carbocycles. The van der Waals surface area contributed by atoms with Gasteiger partial charge in [-0.15, -0.1) is 0 Å². The molecule has 2 aromatic rings. The first-order valence-electron chi connectivity index (χ1n) is 6.29. The minimum Gasteiger partial charge on any atom is -0.380 e. The molecule has 1 aliphatic heterocycles. The maximum Gasteiger partial charge on any atom is 0.0619 e. The monoisotopic (exact) mass is 230 g/mol. The number of aromatic nitrogens is 1. The number of aromatic amines is 1. The number of rotatable bonds is 3. The minimum absolute atomic E-state index is 0.511. The molecule has 3 heteroatoms. The number of benzene rings is 1. The molecule has 0 saturated carbocycles. The zero-order valence-electron chi connectivity index (χ0n) is 9.91. The zero-order valence-corrected chi connectivity index (χ0v) is 9.91. The summed E-state index contributed by atoms with van der Waals surface area (Å²) >= 11 is 0. The standard InChI is InChI=1S/C14H18N2O/c1-2-6-14-13(5-1)11(9-16-14)8-15-12-4-3-7-17-10-12/h1-2,5-6,9,12,15-16H,3-4,7-8,10H2. The number of H-pyrrole nitrogens is 1. The Balaban J connectivity index is 1.68. The second-order valence-corrected chi connectivity index (χ2v) is 4.65. The predicted molar refractivity (Wildman–Crippen MR) is 69.0 cm³/mol. The number of fused-ring (bicyclic) bond motifs is 1. The Kier molecular flexibility index (Phi) is 3.12. The minimum atomic E-state index is 0.511. The van der Waals surface area contributed by atoms with Crippen LogP contribution in [0, 0.1) is 0 Å². The molecule has 2 heterocycles. The summed E-state index contributed by atoms with van der Waals surface area (Å²) in [6.07, 6.45) is 4.50. The molecule has 0 spiro atoms. The average Bonchev–Trinajstić information content (AvgIpc) is 2.81. The van der Waals surface area contributed by atoms with Gasteiger partial charge in [-0.1, -0.05) is 18.2 Å². The van der Waals surface area contributed by atoms with E-state index in [0.717, 1.165) is 19.8 Å². The second-order valence-electron chi connectivity index (χ2n) is 4.65. The van der Waals surface area contributed by atoms with Crippen molar-refractivity contribution in [1.82, 2.24) is 10.3 Å². The van der Waals surface area contributed by atoms with Crippen molar-refractivity contribution in [1.29, 1.82) is 0 Å². The van der Waals surface area contributed by atoms with Gasteiger partial charge in [-0.2, -0.15) is 0 Å². The molecular formula is C14H18N2O. The van der Waals surface area contributed by atoms with E-state index < -0.39 is 0 Å². The van der Waals surface area contributed by atoms with Gasteiger partial charge >= 0.3 is 0 Å². The van der Waals surface area contributed by atoms with Crippen molar-refractivity contribution in [2.75, 3.05) is 13.2 Å². The van der Waals surface area contributed by atoms with Crippen LogP contribution in [0.1, 0.15) is 18.4 Å². The van der Waals surface area contributed by atoms with Crippen molar-refractivity contribution in [3.05, 3.63) is 36.0 Å². The lowest BCUT2D eigenvalue weighted by Crippen LogP contribution is -2.36. The summed E-state index contributed by atoms with van der Waals surface area (Å²) in [5.74, 6) is 0. The molecule has 1 aromatic carbocycles. The van der Waals surface area contributed by atoms with Gasteiger partial charge in [-0.05, 0) is 24.5 Å². The van der Waals surface area contributed by atoms with Gasteiger partial charge in [0.15, 0.2) is 0 Å². The predicted octanol–water partition coefficient (Wildman–Crippen LogP) is 2.44. The highest BCUT2D eigenvalue weighted by Crippen LogP contribution is 2.18. The smallest absolute Gasteiger partial charge is 0.0619 e. The van der Waals surface area contributed by atoms with Crippen molar-refractivity contribution in [2.24, 2.45) is 0 Å². The van der Waals surface area contributed by atoms with Gasteiger partial charge in [0.2, 0.25) is 0 Å². The Morgan fingerprint density at radius 3 is 3.18 bits per heavy atom. The number of nitrogens with one attached hydrogen (secondary N) is 2. The molecule has 1 saturated heterocycles. The maximum absolute atomic E-state index is 5.47. The van der Waals surface area contributed by atoms with E-state index in [1.165, 1.54) is 29.3 Å². The fraction of sp³-hybridized carbons (Fsp3) is 0.429. The number of hydrogen-bond acceptors (Lipinski definition) is 2. The van der Waals surface area contributed by atoms with E-state index in [1.54, 1.807) is 0 Å². The molecule has 1 fully saturated rings. The molecule has 1 atom stereocenters. The first-order valence-corrected chi connectivity index (χ1v) is 6.29. The molecule has 90 valence electrons. The summed E-state index contributed by atoms with van der Waals surface area (Å²) in [6, 6.07) is 8.94. The van der Waals surface area contributed by atoms with Crippen molar-refractivity contribution < 1.29 is 4.74 Å². The normalized spacial score (nSPS) is 20.8. The van der Waals surface area contributed by atoms with E-state index in [4.69, 9.17) is 4.74 Å². The highest BCUT2D eigenvalue weighted by atomic mass is 16.5. The largest absolute Gasteiger partial charge is 0.380 e. The van der Waals surface area contributed by atoms with Crippen LogP contribution in [0.2, 0.25) is 0 Å². The highest BCUT2D eigenvalue weighted by molar-refractivity contribution is 5.82. The van der Waals surface area contributed by atoms with Gasteiger partial charge in [0, 0.05) is 36.3 Å². The Morgan fingerprint density at radius 2 is 2.29 bits per heavy atom. The third kappa shape index (κ3) is 2.35. The van der Waals surface area contributed by atoms with Gasteiger partial charge in [0.05, 0.1) is 6.61 Å². The summed E-state index contributed by atoms with van der Waals surface area (Å²) in [5.41, 5.74) is 2.55. The first kappa shape index (κ1) is 10.8. The molecule has 2 N–H and O–H groups in total. The van der Waals surface area contributed by atoms with Crippen LogP contribution in [0.15, 0.2) is 30.5 Å². The molecule has 0 radical (unpaired) electrons. The summed E-state index contributed by atoms with van der Waals surface area (Å²) in [6.45, 7) is 2.69. The fourth-order valence-corrected chi connectivity index (χ4v) is 2.43. The Labute approximate surface area is 101 Å². The topological polar surface area (TPSA) is 37.0 Å². The van der Waals surface area contributed by atoms with E-state index in [2.05, 4.69) is 40.8 Å². The van der Waals surface area contributed by atoms with Gasteiger partial charge in [-0.25, -0.2) is 0 Å². The molecule has 17 heavy (non-hydrogen) atoms. The van der Waals surface area contributed by atoms with Crippen LogP contribution >= 0.6 is 0 Å². The molecule has 3 nitrogen and oxygen atoms in total. The quantitative estimate of drug-likeness (QED) is 0.849. The van der Waals surface area contributed by atoms with Crippen LogP contribution in [0.5, 0.6) is 0 Å². The van der Waals surface area contributed by atoms with Crippen LogP contribution in [-0.4, -0.2) is 24.2 Å². The van der Waals surface area contributed by atoms with Crippen LogP contribution in [-0.2, 0) is 11.3 Å². The third-order valence-electron chi connectivity index (χ3n) is 3.42. The fourth-order valence-electron chi connectivity index (χ4n) is 2.43. The zero-order chi connectivity index (χ0) is 11.5. The number of hydrogen-bond donors (Lipinski definition) is 2. The SMILES string of the molecule is c1ccc2c(CNC3CCCOC3)c[nH]c2c1. The maximum atomic E-state index is 5.47. The lowest BCUT2D eigenvalue weighted by Gasteiger charge is -2.23. The lowest BCUT2D eigenvalue weighted by atomic mass is 10.1. The van der Waals surface area contributed by atoms with Crippen LogP contribution in [0.25, 0.3) is 10.9 Å². The van der Waals surface area contributed by atoms with Gasteiger partial charge in [0.25, 0.3) is 0 Å². The summed E-state index contributed by atoms with van der Waals surface area (Å²) in [5, 5.41) is 4.89. The first-order chi connectivity index (χ1) is 8.43. The third-order valence-corrected chi connectivity index (χ3v) is 3.42. The highest BCUT2D eigenvalue weighted by Gasteiger charge is 2.13. The summed E-state index contributed by atoms with van der Waals surface area (Å²) < 4.78 is 5.47. The van der Waals surface area contributed by atoms with Crippen molar-refractivity contribution >= 4 is 10.9 Å². The molecule has 1 aliphatic rings. The summed E-state index contributed by atoms with van der Waals surface area (Å²) in [4.78, 5) is 3.30. The van der Waals surface area contributed by atoms with E-state index in [-0.39, 0.29) is 0 Å². The molecule has 1 unspecified atom stereocenters. The second kappa shape index (κ2) is 4.90. The molecule has 0 amide bonds. The van der Waals surface area contributed by atoms with E-state index in [9.17, 15) is 0 Å². The Morgan fingerprint density at radius 1 is 1.35 bits per heavy atom. The van der Waals surface area contributed by atoms with Gasteiger partial charge < -0.3 is 15.0 Å². The number of para-hydroxylation sites is 1. The van der Waals surface area contributed by atoms with Crippen LogP contribution in [0.4, 0.5) is 0 Å². The van der Waals surface area contributed by atoms with Crippen LogP contribution in [0.3, 0.4) is 0 Å². The van der Waals surface area contributed by atoms with Gasteiger partial charge in [-0.3, -0.25) is 0 Å². The van der Waals surface area contributed by atoms with Crippen molar-refractivity contribution in [3.63, 3.8) is 0 Å². The molecule has 3 rings (SSSR count). The lowest BCUT2D eigenvalue weighted by molar-refractivity contribution is 0.0700. The van der Waals surface area contributed by atoms with Gasteiger partial charge in [0.1, 0.15) is 0 Å². The Bertz CT molecular complexity index is 486. The van der Waals surface area contributed by atoms with Crippen LogP contribution < -0.4 is 5.32 Å². The van der Waals surface area contributed by atoms with Crippen molar-refractivity contribution in [3.8, 4) is 0 Å². The van der Waals surface area contributed by atoms with E-state index >= 15 is 0 Å². The molecular weight excluding hydrogens is 212 g/mol. The van der Waals surface area contributed by atoms with E-state index in [0.29, 0.717) is 6.04 Å². The van der Waals surface area contributed by atoms with E-state index in [1.807, 2.05) is 0 Å². The van der Waals surface area contributed by atoms with Crippen molar-refractivity contribution in [2.45, 2.75) is 25.4 Å². The molecule has 1 aromatic heterocycles. The Hall–Kier alpha value is -1.32. The molecule has 0 bridgehead atoms.